The maximum atomic E-state index is 14.1. The van der Waals surface area contributed by atoms with Crippen LogP contribution in [0.3, 0.4) is 0 Å². The number of nitrogens with one attached hydrogen (secondary N) is 2. The van der Waals surface area contributed by atoms with Crippen LogP contribution in [0.4, 0.5) is 4.79 Å². The van der Waals surface area contributed by atoms with Crippen molar-refractivity contribution in [1.82, 2.24) is 15.5 Å². The quantitative estimate of drug-likeness (QED) is 0.439. The van der Waals surface area contributed by atoms with Gasteiger partial charge in [0.2, 0.25) is 17.7 Å². The van der Waals surface area contributed by atoms with Gasteiger partial charge in [0, 0.05) is 18.5 Å². The summed E-state index contributed by atoms with van der Waals surface area (Å²) < 4.78 is 5.37. The molecule has 204 valence electrons. The molecule has 1 aromatic carbocycles. The Kier molecular flexibility index (Phi) is 9.56. The molecule has 0 saturated heterocycles. The van der Waals surface area contributed by atoms with Gasteiger partial charge in [0.25, 0.3) is 0 Å². The lowest BCUT2D eigenvalue weighted by atomic mass is 9.94. The number of nitrogens with two attached hydrogens (primary N) is 1. The minimum absolute atomic E-state index is 0.0153. The monoisotopic (exact) mass is 514 g/mol. The highest BCUT2D eigenvalue weighted by molar-refractivity contribution is 5.93. The predicted octanol–water partition coefficient (Wildman–Crippen LogP) is 3.63. The van der Waals surface area contributed by atoms with E-state index >= 15 is 0 Å². The van der Waals surface area contributed by atoms with Crippen LogP contribution in [0.15, 0.2) is 24.3 Å². The number of rotatable bonds is 10. The smallest absolute Gasteiger partial charge is 0.408 e. The van der Waals surface area contributed by atoms with Crippen LogP contribution in [-0.2, 0) is 19.1 Å². The minimum Gasteiger partial charge on any atom is -0.444 e. The van der Waals surface area contributed by atoms with Crippen molar-refractivity contribution < 1.29 is 23.9 Å². The van der Waals surface area contributed by atoms with Crippen molar-refractivity contribution in [1.29, 1.82) is 0 Å². The Labute approximate surface area is 219 Å². The predicted molar refractivity (Wildman–Crippen MR) is 140 cm³/mol. The number of amides is 4. The Morgan fingerprint density at radius 1 is 1.08 bits per heavy atom. The van der Waals surface area contributed by atoms with E-state index in [1.165, 1.54) is 0 Å². The lowest BCUT2D eigenvalue weighted by molar-refractivity contribution is -0.143. The molecule has 2 atom stereocenters. The van der Waals surface area contributed by atoms with Crippen molar-refractivity contribution in [3.05, 3.63) is 35.4 Å². The molecule has 4 N–H and O–H groups in total. The van der Waals surface area contributed by atoms with E-state index in [-0.39, 0.29) is 30.8 Å². The number of carbonyl (C=O) groups excluding carboxylic acids is 4. The Balaban J connectivity index is 1.93. The topological polar surface area (TPSA) is 131 Å². The summed E-state index contributed by atoms with van der Waals surface area (Å²) in [4.78, 5) is 53.7. The zero-order chi connectivity index (χ0) is 27.2. The van der Waals surface area contributed by atoms with Crippen molar-refractivity contribution in [2.45, 2.75) is 115 Å². The van der Waals surface area contributed by atoms with Crippen molar-refractivity contribution >= 4 is 23.8 Å². The third-order valence-electron chi connectivity index (χ3n) is 6.70. The highest BCUT2D eigenvalue weighted by Gasteiger charge is 2.44. The van der Waals surface area contributed by atoms with Crippen LogP contribution in [0.25, 0.3) is 0 Å². The van der Waals surface area contributed by atoms with Gasteiger partial charge in [-0.1, -0.05) is 49.1 Å². The fourth-order valence-corrected chi connectivity index (χ4v) is 4.85. The summed E-state index contributed by atoms with van der Waals surface area (Å²) in [7, 11) is 0. The molecule has 2 aliphatic carbocycles. The third-order valence-corrected chi connectivity index (χ3v) is 6.70. The molecule has 2 unspecified atom stereocenters. The first kappa shape index (κ1) is 28.5. The fourth-order valence-electron chi connectivity index (χ4n) is 4.85. The number of aryl methyl sites for hydroxylation is 1. The SMILES string of the molecule is Cc1cccc(C(C(=O)NC2CCCCC2)N(C(=O)C(CCC(N)=O)NC(=O)OC(C)(C)C)C2CC2)c1. The molecule has 2 saturated carbocycles. The summed E-state index contributed by atoms with van der Waals surface area (Å²) in [6, 6.07) is 5.65. The van der Waals surface area contributed by atoms with Crippen molar-refractivity contribution in [2.75, 3.05) is 0 Å². The summed E-state index contributed by atoms with van der Waals surface area (Å²) in [5.41, 5.74) is 6.31. The van der Waals surface area contributed by atoms with Crippen LogP contribution in [0, 0.1) is 6.92 Å². The van der Waals surface area contributed by atoms with Gasteiger partial charge in [0.15, 0.2) is 0 Å². The second kappa shape index (κ2) is 12.4. The molecule has 9 nitrogen and oxygen atoms in total. The Morgan fingerprint density at radius 2 is 1.76 bits per heavy atom. The normalized spacial score (nSPS) is 17.8. The van der Waals surface area contributed by atoms with Crippen LogP contribution in [0.1, 0.15) is 95.7 Å². The zero-order valence-electron chi connectivity index (χ0n) is 22.5. The van der Waals surface area contributed by atoms with Crippen LogP contribution in [0.5, 0.6) is 0 Å². The molecule has 1 aromatic rings. The number of hydrogen-bond acceptors (Lipinski definition) is 5. The largest absolute Gasteiger partial charge is 0.444 e. The zero-order valence-corrected chi connectivity index (χ0v) is 22.5. The molecule has 3 rings (SSSR count). The van der Waals surface area contributed by atoms with Gasteiger partial charge in [-0.3, -0.25) is 14.4 Å². The molecular weight excluding hydrogens is 472 g/mol. The first-order valence-corrected chi connectivity index (χ1v) is 13.4. The van der Waals surface area contributed by atoms with Gasteiger partial charge >= 0.3 is 6.09 Å². The number of hydrogen-bond donors (Lipinski definition) is 3. The highest BCUT2D eigenvalue weighted by atomic mass is 16.6. The number of benzene rings is 1. The van der Waals surface area contributed by atoms with Gasteiger partial charge in [0.1, 0.15) is 17.7 Å². The van der Waals surface area contributed by atoms with E-state index in [4.69, 9.17) is 10.5 Å². The number of primary amides is 1. The summed E-state index contributed by atoms with van der Waals surface area (Å²) in [6.45, 7) is 7.13. The van der Waals surface area contributed by atoms with Crippen molar-refractivity contribution in [2.24, 2.45) is 5.73 Å². The molecule has 0 bridgehead atoms. The van der Waals surface area contributed by atoms with Gasteiger partial charge in [0.05, 0.1) is 0 Å². The second-order valence-electron chi connectivity index (χ2n) is 11.3. The summed E-state index contributed by atoms with van der Waals surface area (Å²) >= 11 is 0. The lowest BCUT2D eigenvalue weighted by Gasteiger charge is -2.36. The molecule has 0 radical (unpaired) electrons. The molecular formula is C28H42N4O5. The lowest BCUT2D eigenvalue weighted by Crippen LogP contribution is -2.54. The fraction of sp³-hybridized carbons (Fsp3) is 0.643. The standard InChI is InChI=1S/C28H42N4O5/c1-18-9-8-10-19(17-18)24(25(34)30-20-11-6-5-7-12-20)32(21-13-14-21)26(35)22(15-16-23(29)33)31-27(36)37-28(2,3)4/h8-10,17,20-22,24H,5-7,11-16H2,1-4H3,(H2,29,33)(H,30,34)(H,31,36). The van der Waals surface area contributed by atoms with Crippen LogP contribution >= 0.6 is 0 Å². The summed E-state index contributed by atoms with van der Waals surface area (Å²) in [5, 5.41) is 5.83. The molecule has 9 heteroatoms. The number of alkyl carbamates (subject to hydrolysis) is 1. The molecule has 2 aliphatic rings. The van der Waals surface area contributed by atoms with Gasteiger partial charge in [-0.2, -0.15) is 0 Å². The van der Waals surface area contributed by atoms with Crippen LogP contribution in [0.2, 0.25) is 0 Å². The average molecular weight is 515 g/mol. The van der Waals surface area contributed by atoms with Crippen LogP contribution in [-0.4, -0.2) is 52.4 Å². The average Bonchev–Trinajstić information content (AvgIpc) is 3.64. The van der Waals surface area contributed by atoms with E-state index in [1.807, 2.05) is 31.2 Å². The molecule has 4 amide bonds. The van der Waals surface area contributed by atoms with E-state index in [1.54, 1.807) is 25.7 Å². The van der Waals surface area contributed by atoms with Gasteiger partial charge in [-0.25, -0.2) is 4.79 Å². The Hall–Kier alpha value is -3.10. The van der Waals surface area contributed by atoms with E-state index in [0.29, 0.717) is 0 Å². The van der Waals surface area contributed by atoms with Gasteiger partial charge in [-0.05, 0) is 65.4 Å². The van der Waals surface area contributed by atoms with Gasteiger partial charge in [-0.15, -0.1) is 0 Å². The molecule has 0 heterocycles. The summed E-state index contributed by atoms with van der Waals surface area (Å²) in [6.07, 6.45) is 5.84. The number of nitrogens with zero attached hydrogens (tertiary/aromatic N) is 1. The van der Waals surface area contributed by atoms with Crippen molar-refractivity contribution in [3.8, 4) is 0 Å². The first-order valence-electron chi connectivity index (χ1n) is 13.4. The molecule has 0 aromatic heterocycles. The Morgan fingerprint density at radius 3 is 2.32 bits per heavy atom. The van der Waals surface area contributed by atoms with Crippen LogP contribution < -0.4 is 16.4 Å². The van der Waals surface area contributed by atoms with E-state index in [9.17, 15) is 19.2 Å². The summed E-state index contributed by atoms with van der Waals surface area (Å²) in [5.74, 6) is -1.21. The minimum atomic E-state index is -1.06. The number of carbonyl (C=O) groups is 4. The molecule has 0 spiro atoms. The Bertz CT molecular complexity index is 979. The molecule has 2 fully saturated rings. The second-order valence-corrected chi connectivity index (χ2v) is 11.3. The van der Waals surface area contributed by atoms with E-state index in [0.717, 1.165) is 56.1 Å². The first-order chi connectivity index (χ1) is 17.4. The van der Waals surface area contributed by atoms with Crippen molar-refractivity contribution in [3.63, 3.8) is 0 Å². The van der Waals surface area contributed by atoms with Gasteiger partial charge < -0.3 is 26.0 Å². The maximum absolute atomic E-state index is 14.1. The maximum Gasteiger partial charge on any atom is 0.408 e. The molecule has 0 aliphatic heterocycles. The number of ether oxygens (including phenoxy) is 1. The third kappa shape index (κ3) is 8.76. The molecule has 37 heavy (non-hydrogen) atoms. The van der Waals surface area contributed by atoms with E-state index < -0.39 is 35.6 Å². The van der Waals surface area contributed by atoms with E-state index in [2.05, 4.69) is 10.6 Å². The highest BCUT2D eigenvalue weighted by Crippen LogP contribution is 2.36.